The van der Waals surface area contributed by atoms with E-state index in [0.29, 0.717) is 12.4 Å². The van der Waals surface area contributed by atoms with Crippen LogP contribution in [0.15, 0.2) is 30.3 Å². The van der Waals surface area contributed by atoms with Crippen LogP contribution in [0.1, 0.15) is 18.2 Å². The van der Waals surface area contributed by atoms with E-state index in [1.165, 1.54) is 5.56 Å². The molecule has 0 aliphatic carbocycles. The molecule has 0 atom stereocenters. The van der Waals surface area contributed by atoms with Gasteiger partial charge in [0.1, 0.15) is 18.2 Å². The van der Waals surface area contributed by atoms with Crippen molar-refractivity contribution in [2.24, 2.45) is 0 Å². The number of aryl methyl sites for hydroxylation is 1. The van der Waals surface area contributed by atoms with Gasteiger partial charge in [0.25, 0.3) is 0 Å². The van der Waals surface area contributed by atoms with Gasteiger partial charge in [0.15, 0.2) is 0 Å². The Hall–Kier alpha value is -1.97. The smallest absolute Gasteiger partial charge is 0.145 e. The highest BCUT2D eigenvalue weighted by atomic mass is 16.5. The van der Waals surface area contributed by atoms with Crippen molar-refractivity contribution in [3.63, 3.8) is 0 Å². The molecular formula is C12H15N3O. The molecule has 1 aromatic carbocycles. The van der Waals surface area contributed by atoms with Gasteiger partial charge in [-0.2, -0.15) is 5.10 Å². The number of H-pyrrole nitrogens is 1. The van der Waals surface area contributed by atoms with E-state index in [1.54, 1.807) is 6.07 Å². The topological polar surface area (TPSA) is 63.9 Å². The largest absolute Gasteiger partial charge is 0.487 e. The number of hydrogen-bond acceptors (Lipinski definition) is 3. The summed E-state index contributed by atoms with van der Waals surface area (Å²) in [6, 6.07) is 9.79. The summed E-state index contributed by atoms with van der Waals surface area (Å²) < 4.78 is 5.70. The molecule has 4 heteroatoms. The number of aromatic nitrogens is 2. The molecule has 4 nitrogen and oxygen atoms in total. The van der Waals surface area contributed by atoms with Crippen molar-refractivity contribution in [1.82, 2.24) is 10.2 Å². The highest BCUT2D eigenvalue weighted by molar-refractivity contribution is 5.34. The van der Waals surface area contributed by atoms with E-state index in [-0.39, 0.29) is 0 Å². The lowest BCUT2D eigenvalue weighted by Crippen LogP contribution is -1.98. The molecule has 84 valence electrons. The summed E-state index contributed by atoms with van der Waals surface area (Å²) in [6.07, 6.45) is 0.960. The molecule has 1 heterocycles. The van der Waals surface area contributed by atoms with Crippen LogP contribution < -0.4 is 10.5 Å². The predicted molar refractivity (Wildman–Crippen MR) is 63.2 cm³/mol. The molecular weight excluding hydrogens is 202 g/mol. The second-order valence-electron chi connectivity index (χ2n) is 3.57. The molecule has 0 amide bonds. The monoisotopic (exact) mass is 217 g/mol. The zero-order valence-electron chi connectivity index (χ0n) is 9.23. The van der Waals surface area contributed by atoms with Gasteiger partial charge >= 0.3 is 0 Å². The molecule has 0 radical (unpaired) electrons. The van der Waals surface area contributed by atoms with E-state index in [2.05, 4.69) is 23.2 Å². The van der Waals surface area contributed by atoms with Crippen molar-refractivity contribution in [3.05, 3.63) is 41.6 Å². The van der Waals surface area contributed by atoms with Gasteiger partial charge in [-0.25, -0.2) is 0 Å². The molecule has 2 rings (SSSR count). The zero-order chi connectivity index (χ0) is 11.4. The molecule has 2 aromatic rings. The SMILES string of the molecule is CCc1ccccc1OCc1cc(N)n[nH]1. The van der Waals surface area contributed by atoms with Gasteiger partial charge in [0.05, 0.1) is 5.69 Å². The Balaban J connectivity index is 2.04. The number of nitrogens with zero attached hydrogens (tertiary/aromatic N) is 1. The third-order valence-electron chi connectivity index (χ3n) is 2.39. The summed E-state index contributed by atoms with van der Waals surface area (Å²) in [4.78, 5) is 0. The van der Waals surface area contributed by atoms with Gasteiger partial charge in [0.2, 0.25) is 0 Å². The van der Waals surface area contributed by atoms with Gasteiger partial charge < -0.3 is 10.5 Å². The Bertz CT molecular complexity index is 465. The molecule has 0 fully saturated rings. The van der Waals surface area contributed by atoms with E-state index in [4.69, 9.17) is 10.5 Å². The first-order chi connectivity index (χ1) is 7.79. The average molecular weight is 217 g/mol. The Labute approximate surface area is 94.4 Å². The number of nitrogens with one attached hydrogen (secondary N) is 1. The number of nitrogens with two attached hydrogens (primary N) is 1. The van der Waals surface area contributed by atoms with Crippen LogP contribution in [0.2, 0.25) is 0 Å². The van der Waals surface area contributed by atoms with Gasteiger partial charge in [-0.3, -0.25) is 5.10 Å². The number of anilines is 1. The maximum absolute atomic E-state index is 5.70. The maximum atomic E-state index is 5.70. The van der Waals surface area contributed by atoms with Crippen molar-refractivity contribution in [1.29, 1.82) is 0 Å². The third-order valence-corrected chi connectivity index (χ3v) is 2.39. The Kier molecular flexibility index (Phi) is 3.10. The number of nitrogen functional groups attached to an aromatic ring is 1. The predicted octanol–water partition coefficient (Wildman–Crippen LogP) is 2.13. The van der Waals surface area contributed by atoms with E-state index in [1.807, 2.05) is 18.2 Å². The van der Waals surface area contributed by atoms with E-state index in [9.17, 15) is 0 Å². The summed E-state index contributed by atoms with van der Waals surface area (Å²) in [5, 5.41) is 6.66. The van der Waals surface area contributed by atoms with Crippen molar-refractivity contribution >= 4 is 5.82 Å². The van der Waals surface area contributed by atoms with Crippen molar-refractivity contribution < 1.29 is 4.74 Å². The number of hydrogen-bond donors (Lipinski definition) is 2. The first-order valence-electron chi connectivity index (χ1n) is 5.30. The van der Waals surface area contributed by atoms with E-state index >= 15 is 0 Å². The van der Waals surface area contributed by atoms with Crippen LogP contribution in [0.4, 0.5) is 5.82 Å². The summed E-state index contributed by atoms with van der Waals surface area (Å²) in [5.41, 5.74) is 7.59. The molecule has 0 spiro atoms. The van der Waals surface area contributed by atoms with Crippen LogP contribution in [0.5, 0.6) is 5.75 Å². The van der Waals surface area contributed by atoms with Gasteiger partial charge in [0, 0.05) is 6.07 Å². The minimum atomic E-state index is 0.460. The summed E-state index contributed by atoms with van der Waals surface area (Å²) in [6.45, 7) is 2.57. The first kappa shape index (κ1) is 10.5. The molecule has 0 bridgehead atoms. The van der Waals surface area contributed by atoms with Crippen LogP contribution in [0, 0.1) is 0 Å². The van der Waals surface area contributed by atoms with E-state index in [0.717, 1.165) is 17.9 Å². The van der Waals surface area contributed by atoms with Gasteiger partial charge in [-0.05, 0) is 18.1 Å². The van der Waals surface area contributed by atoms with Crippen LogP contribution in [0.3, 0.4) is 0 Å². The molecule has 0 saturated heterocycles. The second-order valence-corrected chi connectivity index (χ2v) is 3.57. The third kappa shape index (κ3) is 2.34. The number of rotatable bonds is 4. The van der Waals surface area contributed by atoms with E-state index < -0.39 is 0 Å². The van der Waals surface area contributed by atoms with Gasteiger partial charge in [-0.15, -0.1) is 0 Å². The number of para-hydroxylation sites is 1. The zero-order valence-corrected chi connectivity index (χ0v) is 9.23. The molecule has 0 saturated carbocycles. The molecule has 3 N–H and O–H groups in total. The van der Waals surface area contributed by atoms with Crippen LogP contribution in [-0.4, -0.2) is 10.2 Å². The number of aromatic amines is 1. The van der Waals surface area contributed by atoms with Crippen LogP contribution in [-0.2, 0) is 13.0 Å². The van der Waals surface area contributed by atoms with Crippen LogP contribution in [0.25, 0.3) is 0 Å². The summed E-state index contributed by atoms with van der Waals surface area (Å²) >= 11 is 0. The maximum Gasteiger partial charge on any atom is 0.145 e. The number of ether oxygens (including phenoxy) is 1. The minimum absolute atomic E-state index is 0.460. The molecule has 1 aromatic heterocycles. The lowest BCUT2D eigenvalue weighted by Gasteiger charge is -2.08. The minimum Gasteiger partial charge on any atom is -0.487 e. The van der Waals surface area contributed by atoms with Gasteiger partial charge in [-0.1, -0.05) is 25.1 Å². The van der Waals surface area contributed by atoms with Crippen molar-refractivity contribution in [2.75, 3.05) is 5.73 Å². The van der Waals surface area contributed by atoms with Crippen LogP contribution >= 0.6 is 0 Å². The lowest BCUT2D eigenvalue weighted by molar-refractivity contribution is 0.298. The standard InChI is InChI=1S/C12H15N3O/c1-2-9-5-3-4-6-11(9)16-8-10-7-12(13)15-14-10/h3-7H,2,8H2,1H3,(H3,13,14,15). The highest BCUT2D eigenvalue weighted by Crippen LogP contribution is 2.19. The molecule has 0 aliphatic heterocycles. The summed E-state index contributed by atoms with van der Waals surface area (Å²) in [7, 11) is 0. The van der Waals surface area contributed by atoms with Crippen molar-refractivity contribution in [2.45, 2.75) is 20.0 Å². The Morgan fingerprint density at radius 1 is 1.38 bits per heavy atom. The summed E-state index contributed by atoms with van der Waals surface area (Å²) in [5.74, 6) is 1.40. The normalized spacial score (nSPS) is 10.3. The lowest BCUT2D eigenvalue weighted by atomic mass is 10.1. The Morgan fingerprint density at radius 3 is 2.88 bits per heavy atom. The fraction of sp³-hybridized carbons (Fsp3) is 0.250. The number of benzene rings is 1. The molecule has 0 aliphatic rings. The average Bonchev–Trinajstić information content (AvgIpc) is 2.73. The van der Waals surface area contributed by atoms with Crippen molar-refractivity contribution in [3.8, 4) is 5.75 Å². The fourth-order valence-electron chi connectivity index (χ4n) is 1.55. The molecule has 0 unspecified atom stereocenters. The first-order valence-corrected chi connectivity index (χ1v) is 5.30. The molecule has 16 heavy (non-hydrogen) atoms. The Morgan fingerprint density at radius 2 is 2.19 bits per heavy atom. The second kappa shape index (κ2) is 4.70. The quantitative estimate of drug-likeness (QED) is 0.824. The highest BCUT2D eigenvalue weighted by Gasteiger charge is 2.02. The fourth-order valence-corrected chi connectivity index (χ4v) is 1.55.